The Kier molecular flexibility index (Phi) is 4.18. The number of carbonyl (C=O) groups excluding carboxylic acids is 2. The maximum atomic E-state index is 13.5. The number of ether oxygens (including phenoxy) is 1. The van der Waals surface area contributed by atoms with E-state index >= 15 is 0 Å². The van der Waals surface area contributed by atoms with Crippen LogP contribution in [0.1, 0.15) is 43.4 Å². The first-order valence-corrected chi connectivity index (χ1v) is 10.8. The van der Waals surface area contributed by atoms with Crippen LogP contribution in [-0.2, 0) is 20.9 Å². The van der Waals surface area contributed by atoms with Gasteiger partial charge in [-0.2, -0.15) is 0 Å². The van der Waals surface area contributed by atoms with E-state index < -0.39 is 11.5 Å². The van der Waals surface area contributed by atoms with Crippen LogP contribution in [0.4, 0.5) is 0 Å². The summed E-state index contributed by atoms with van der Waals surface area (Å²) >= 11 is 0. The van der Waals surface area contributed by atoms with Crippen molar-refractivity contribution in [2.45, 2.75) is 70.9 Å². The highest BCUT2D eigenvalue weighted by atomic mass is 16.5. The third kappa shape index (κ3) is 2.70. The van der Waals surface area contributed by atoms with Gasteiger partial charge in [-0.15, -0.1) is 0 Å². The lowest BCUT2D eigenvalue weighted by atomic mass is 9.76. The Morgan fingerprint density at radius 2 is 1.90 bits per heavy atom. The zero-order chi connectivity index (χ0) is 20.5. The fourth-order valence-corrected chi connectivity index (χ4v) is 5.92. The number of rotatable bonds is 3. The standard InChI is InChI=1S/C24H30N2O3/c1-14-5-8-18(11-15(14)2)12-25-13-24-10-9-19(29-24)20(21(24)23(25)28)22(27)26-16(3)6-7-17(26)4/h5,8-11,16-17,19-21H,6-7,12-13H2,1-4H3/t16-,17+,19-,20+,21+,24-/m0/s1. The number of hydrogen-bond donors (Lipinski definition) is 0. The van der Waals surface area contributed by atoms with E-state index in [2.05, 4.69) is 45.9 Å². The molecule has 6 atom stereocenters. The van der Waals surface area contributed by atoms with E-state index in [0.717, 1.165) is 18.4 Å². The van der Waals surface area contributed by atoms with E-state index in [1.807, 2.05) is 22.0 Å². The molecule has 4 aliphatic rings. The molecule has 3 saturated heterocycles. The van der Waals surface area contributed by atoms with Crippen molar-refractivity contribution in [3.63, 3.8) is 0 Å². The highest BCUT2D eigenvalue weighted by Gasteiger charge is 2.67. The third-order valence-electron chi connectivity index (χ3n) is 7.62. The van der Waals surface area contributed by atoms with Crippen molar-refractivity contribution in [3.05, 3.63) is 47.0 Å². The number of hydrogen-bond acceptors (Lipinski definition) is 3. The Morgan fingerprint density at radius 1 is 1.17 bits per heavy atom. The van der Waals surface area contributed by atoms with Crippen LogP contribution in [0, 0.1) is 25.7 Å². The van der Waals surface area contributed by atoms with Crippen LogP contribution in [0.2, 0.25) is 0 Å². The maximum Gasteiger partial charge on any atom is 0.230 e. The number of amides is 2. The molecule has 0 saturated carbocycles. The van der Waals surface area contributed by atoms with Gasteiger partial charge in [0.25, 0.3) is 0 Å². The lowest BCUT2D eigenvalue weighted by Gasteiger charge is -2.32. The Balaban J connectivity index is 1.41. The van der Waals surface area contributed by atoms with Crippen molar-refractivity contribution in [1.82, 2.24) is 9.80 Å². The number of benzene rings is 1. The predicted molar refractivity (Wildman–Crippen MR) is 110 cm³/mol. The number of fused-ring (bicyclic) bond motifs is 1. The minimum absolute atomic E-state index is 0.0629. The second-order valence-electron chi connectivity index (χ2n) is 9.53. The lowest BCUT2D eigenvalue weighted by Crippen LogP contribution is -2.49. The highest BCUT2D eigenvalue weighted by molar-refractivity contribution is 5.93. The van der Waals surface area contributed by atoms with Crippen LogP contribution in [0.25, 0.3) is 0 Å². The van der Waals surface area contributed by atoms with Crippen LogP contribution in [-0.4, -0.2) is 51.9 Å². The van der Waals surface area contributed by atoms with Crippen molar-refractivity contribution >= 4 is 11.8 Å². The maximum absolute atomic E-state index is 13.5. The molecular weight excluding hydrogens is 364 g/mol. The second kappa shape index (κ2) is 6.43. The Labute approximate surface area is 172 Å². The number of likely N-dealkylation sites (tertiary alicyclic amines) is 2. The summed E-state index contributed by atoms with van der Waals surface area (Å²) in [5.74, 6) is -0.616. The van der Waals surface area contributed by atoms with Crippen molar-refractivity contribution in [2.75, 3.05) is 6.54 Å². The van der Waals surface area contributed by atoms with Gasteiger partial charge in [0.15, 0.2) is 0 Å². The molecule has 154 valence electrons. The molecule has 4 heterocycles. The fraction of sp³-hybridized carbons (Fsp3) is 0.583. The van der Waals surface area contributed by atoms with E-state index in [4.69, 9.17) is 4.74 Å². The Morgan fingerprint density at radius 3 is 2.59 bits per heavy atom. The van der Waals surface area contributed by atoms with E-state index in [-0.39, 0.29) is 35.9 Å². The molecule has 1 spiro atoms. The molecule has 0 N–H and O–H groups in total. The molecule has 1 aromatic carbocycles. The normalized spacial score (nSPS) is 37.7. The van der Waals surface area contributed by atoms with Gasteiger partial charge >= 0.3 is 0 Å². The van der Waals surface area contributed by atoms with Gasteiger partial charge in [-0.1, -0.05) is 30.4 Å². The number of aryl methyl sites for hydroxylation is 2. The first kappa shape index (κ1) is 18.9. The van der Waals surface area contributed by atoms with Crippen LogP contribution in [0.5, 0.6) is 0 Å². The topological polar surface area (TPSA) is 49.9 Å². The molecule has 2 amide bonds. The summed E-state index contributed by atoms with van der Waals surface area (Å²) < 4.78 is 6.31. The van der Waals surface area contributed by atoms with E-state index in [0.29, 0.717) is 13.1 Å². The van der Waals surface area contributed by atoms with Gasteiger partial charge in [0.1, 0.15) is 5.60 Å². The van der Waals surface area contributed by atoms with Gasteiger partial charge in [0.2, 0.25) is 11.8 Å². The fourth-order valence-electron chi connectivity index (χ4n) is 5.92. The van der Waals surface area contributed by atoms with Crippen molar-refractivity contribution in [3.8, 4) is 0 Å². The molecule has 2 bridgehead atoms. The first-order valence-electron chi connectivity index (χ1n) is 10.8. The Hall–Kier alpha value is -2.14. The van der Waals surface area contributed by atoms with Crippen LogP contribution in [0.3, 0.4) is 0 Å². The van der Waals surface area contributed by atoms with Gasteiger partial charge in [-0.25, -0.2) is 0 Å². The molecule has 5 nitrogen and oxygen atoms in total. The second-order valence-corrected chi connectivity index (χ2v) is 9.53. The van der Waals surface area contributed by atoms with Gasteiger partial charge < -0.3 is 14.5 Å². The molecule has 0 radical (unpaired) electrons. The average Bonchev–Trinajstić information content (AvgIpc) is 3.39. The van der Waals surface area contributed by atoms with E-state index in [1.165, 1.54) is 11.1 Å². The minimum atomic E-state index is -0.631. The molecule has 5 heteroatoms. The van der Waals surface area contributed by atoms with Gasteiger partial charge in [-0.3, -0.25) is 9.59 Å². The van der Waals surface area contributed by atoms with Crippen LogP contribution >= 0.6 is 0 Å². The third-order valence-corrected chi connectivity index (χ3v) is 7.62. The summed E-state index contributed by atoms with van der Waals surface area (Å²) in [5.41, 5.74) is 2.98. The summed E-state index contributed by atoms with van der Waals surface area (Å²) in [4.78, 5) is 30.9. The molecular formula is C24H30N2O3. The van der Waals surface area contributed by atoms with E-state index in [9.17, 15) is 9.59 Å². The summed E-state index contributed by atoms with van der Waals surface area (Å²) in [5, 5.41) is 0. The van der Waals surface area contributed by atoms with Crippen molar-refractivity contribution in [2.24, 2.45) is 11.8 Å². The number of nitrogens with zero attached hydrogens (tertiary/aromatic N) is 2. The summed E-state index contributed by atoms with van der Waals surface area (Å²) in [6.07, 6.45) is 5.85. The monoisotopic (exact) mass is 394 g/mol. The summed E-state index contributed by atoms with van der Waals surface area (Å²) in [7, 11) is 0. The van der Waals surface area contributed by atoms with Gasteiger partial charge in [0, 0.05) is 18.6 Å². The smallest absolute Gasteiger partial charge is 0.230 e. The average molecular weight is 395 g/mol. The molecule has 1 aromatic rings. The zero-order valence-electron chi connectivity index (χ0n) is 17.7. The van der Waals surface area contributed by atoms with Gasteiger partial charge in [-0.05, 0) is 57.2 Å². The Bertz CT molecular complexity index is 899. The zero-order valence-corrected chi connectivity index (χ0v) is 17.7. The van der Waals surface area contributed by atoms with Crippen molar-refractivity contribution < 1.29 is 14.3 Å². The quantitative estimate of drug-likeness (QED) is 0.741. The molecule has 29 heavy (non-hydrogen) atoms. The highest BCUT2D eigenvalue weighted by Crippen LogP contribution is 2.53. The number of carbonyl (C=O) groups is 2. The largest absolute Gasteiger partial charge is 0.360 e. The molecule has 5 rings (SSSR count). The van der Waals surface area contributed by atoms with Crippen molar-refractivity contribution in [1.29, 1.82) is 0 Å². The minimum Gasteiger partial charge on any atom is -0.360 e. The summed E-state index contributed by atoms with van der Waals surface area (Å²) in [6, 6.07) is 6.82. The van der Waals surface area contributed by atoms with Crippen LogP contribution in [0.15, 0.2) is 30.4 Å². The first-order chi connectivity index (χ1) is 13.8. The lowest BCUT2D eigenvalue weighted by molar-refractivity contribution is -0.145. The van der Waals surface area contributed by atoms with E-state index in [1.54, 1.807) is 0 Å². The molecule has 0 aromatic heterocycles. The van der Waals surface area contributed by atoms with Crippen LogP contribution < -0.4 is 0 Å². The predicted octanol–water partition coefficient (Wildman–Crippen LogP) is 2.98. The molecule has 3 fully saturated rings. The summed E-state index contributed by atoms with van der Waals surface area (Å²) in [6.45, 7) is 9.52. The molecule has 4 aliphatic heterocycles. The van der Waals surface area contributed by atoms with Gasteiger partial charge in [0.05, 0.1) is 24.5 Å². The molecule has 0 unspecified atom stereocenters. The SMILES string of the molecule is Cc1ccc(CN2C[C@]34C=C[C@H](O3)[C@@H](C(=O)N3[C@H](C)CC[C@@H]3C)[C@@H]4C2=O)cc1C. The molecule has 0 aliphatic carbocycles.